The Hall–Kier alpha value is 0.500. The molecule has 66 valence electrons. The molecule has 2 atom stereocenters. The molecule has 2 N–H and O–H groups in total. The van der Waals surface area contributed by atoms with Crippen LogP contribution < -0.4 is 5.32 Å². The van der Waals surface area contributed by atoms with Crippen LogP contribution in [-0.2, 0) is 4.57 Å². The van der Waals surface area contributed by atoms with Crippen molar-refractivity contribution in [1.29, 1.82) is 0 Å². The topological polar surface area (TPSA) is 49.3 Å². The lowest BCUT2D eigenvalue weighted by molar-refractivity contribution is 0.444. The SMILES string of the molecule is CC1(P(C)(=O)O)NCCCS1. The van der Waals surface area contributed by atoms with E-state index in [9.17, 15) is 9.46 Å². The zero-order chi connectivity index (χ0) is 8.54. The Bertz CT molecular complexity index is 185. The van der Waals surface area contributed by atoms with Gasteiger partial charge in [0.15, 0.2) is 0 Å². The lowest BCUT2D eigenvalue weighted by Crippen LogP contribution is -2.42. The first-order valence-corrected chi connectivity index (χ1v) is 6.74. The fourth-order valence-corrected chi connectivity index (χ4v) is 3.51. The summed E-state index contributed by atoms with van der Waals surface area (Å²) in [4.78, 5) is 9.37. The quantitative estimate of drug-likeness (QED) is 0.619. The molecule has 0 aliphatic carbocycles. The third-order valence-corrected chi connectivity index (χ3v) is 6.29. The van der Waals surface area contributed by atoms with Crippen molar-refractivity contribution in [3.8, 4) is 0 Å². The monoisotopic (exact) mass is 195 g/mol. The molecule has 1 aliphatic rings. The van der Waals surface area contributed by atoms with E-state index in [0.29, 0.717) is 0 Å². The maximum atomic E-state index is 11.4. The van der Waals surface area contributed by atoms with Crippen LogP contribution >= 0.6 is 19.1 Å². The number of hydrogen-bond acceptors (Lipinski definition) is 3. The van der Waals surface area contributed by atoms with Gasteiger partial charge >= 0.3 is 0 Å². The second kappa shape index (κ2) is 3.09. The van der Waals surface area contributed by atoms with Gasteiger partial charge in [0.25, 0.3) is 0 Å². The predicted molar refractivity (Wildman–Crippen MR) is 49.2 cm³/mol. The summed E-state index contributed by atoms with van der Waals surface area (Å²) in [5.41, 5.74) is 0. The van der Waals surface area contributed by atoms with Crippen molar-refractivity contribution in [2.24, 2.45) is 0 Å². The van der Waals surface area contributed by atoms with Crippen molar-refractivity contribution in [1.82, 2.24) is 5.32 Å². The minimum Gasteiger partial charge on any atom is -0.343 e. The van der Waals surface area contributed by atoms with Gasteiger partial charge in [0.05, 0.1) is 0 Å². The first-order chi connectivity index (χ1) is 4.96. The Balaban J connectivity index is 2.72. The lowest BCUT2D eigenvalue weighted by Gasteiger charge is -2.35. The minimum atomic E-state index is -3.00. The van der Waals surface area contributed by atoms with Crippen molar-refractivity contribution < 1.29 is 9.46 Å². The van der Waals surface area contributed by atoms with E-state index in [1.54, 1.807) is 18.7 Å². The largest absolute Gasteiger partial charge is 0.343 e. The maximum Gasteiger partial charge on any atom is 0.226 e. The van der Waals surface area contributed by atoms with Gasteiger partial charge < -0.3 is 4.89 Å². The van der Waals surface area contributed by atoms with Gasteiger partial charge in [0, 0.05) is 6.66 Å². The molecule has 1 heterocycles. The third-order valence-electron chi connectivity index (χ3n) is 1.95. The van der Waals surface area contributed by atoms with E-state index >= 15 is 0 Å². The third kappa shape index (κ3) is 2.00. The van der Waals surface area contributed by atoms with E-state index in [2.05, 4.69) is 5.32 Å². The van der Waals surface area contributed by atoms with Crippen LogP contribution in [0.1, 0.15) is 13.3 Å². The summed E-state index contributed by atoms with van der Waals surface area (Å²) in [6.07, 6.45) is 1.08. The van der Waals surface area contributed by atoms with Crippen LogP contribution in [0.25, 0.3) is 0 Å². The van der Waals surface area contributed by atoms with E-state index in [0.717, 1.165) is 18.7 Å². The number of nitrogens with one attached hydrogen (secondary N) is 1. The van der Waals surface area contributed by atoms with Gasteiger partial charge in [-0.3, -0.25) is 9.88 Å². The van der Waals surface area contributed by atoms with Crippen LogP contribution in [-0.4, -0.2) is 28.5 Å². The van der Waals surface area contributed by atoms with E-state index in [1.165, 1.54) is 6.66 Å². The second-order valence-electron chi connectivity index (χ2n) is 2.99. The van der Waals surface area contributed by atoms with Gasteiger partial charge in [-0.25, -0.2) is 0 Å². The van der Waals surface area contributed by atoms with Gasteiger partial charge in [-0.1, -0.05) is 0 Å². The molecule has 0 bridgehead atoms. The van der Waals surface area contributed by atoms with Gasteiger partial charge in [-0.05, 0) is 25.6 Å². The molecule has 3 nitrogen and oxygen atoms in total. The highest BCUT2D eigenvalue weighted by molar-refractivity contribution is 8.06. The Morgan fingerprint density at radius 1 is 1.73 bits per heavy atom. The molecule has 0 aromatic heterocycles. The molecule has 0 spiro atoms. The molecule has 0 aromatic rings. The molecule has 0 amide bonds. The lowest BCUT2D eigenvalue weighted by atomic mass is 10.4. The summed E-state index contributed by atoms with van der Waals surface area (Å²) in [5, 5.41) is 3.09. The Morgan fingerprint density at radius 2 is 2.36 bits per heavy atom. The molecular weight excluding hydrogens is 181 g/mol. The second-order valence-corrected chi connectivity index (χ2v) is 7.46. The number of hydrogen-bond donors (Lipinski definition) is 2. The zero-order valence-electron chi connectivity index (χ0n) is 6.83. The predicted octanol–water partition coefficient (Wildman–Crippen LogP) is 1.29. The molecule has 5 heteroatoms. The van der Waals surface area contributed by atoms with Gasteiger partial charge in [0.1, 0.15) is 4.61 Å². The summed E-state index contributed by atoms with van der Waals surface area (Å²) in [7, 11) is -3.00. The molecule has 11 heavy (non-hydrogen) atoms. The number of thioether (sulfide) groups is 1. The fourth-order valence-electron chi connectivity index (χ4n) is 0.981. The average molecular weight is 195 g/mol. The molecule has 0 radical (unpaired) electrons. The maximum absolute atomic E-state index is 11.4. The summed E-state index contributed by atoms with van der Waals surface area (Å²) < 4.78 is 10.8. The van der Waals surface area contributed by atoms with E-state index in [1.807, 2.05) is 0 Å². The normalized spacial score (nSPS) is 38.1. The molecule has 1 aliphatic heterocycles. The molecular formula is C6H14NO2PS. The first kappa shape index (κ1) is 9.59. The van der Waals surface area contributed by atoms with Crippen LogP contribution in [0.15, 0.2) is 0 Å². The standard InChI is InChI=1S/C6H14NO2PS/c1-6(10(2,8)9)7-4-3-5-11-6/h7H,3-5H2,1-2H3,(H,8,9). The van der Waals surface area contributed by atoms with E-state index in [-0.39, 0.29) is 0 Å². The fraction of sp³-hybridized carbons (Fsp3) is 1.00. The first-order valence-electron chi connectivity index (χ1n) is 3.65. The minimum absolute atomic E-state index is 0.606. The summed E-state index contributed by atoms with van der Waals surface area (Å²) >= 11 is 1.55. The molecule has 2 unspecified atom stereocenters. The zero-order valence-corrected chi connectivity index (χ0v) is 8.54. The van der Waals surface area contributed by atoms with Crippen LogP contribution in [0.2, 0.25) is 0 Å². The average Bonchev–Trinajstić information content (AvgIpc) is 1.87. The molecule has 1 rings (SSSR count). The van der Waals surface area contributed by atoms with Crippen LogP contribution in [0, 0.1) is 0 Å². The van der Waals surface area contributed by atoms with Crippen LogP contribution in [0.5, 0.6) is 0 Å². The summed E-state index contributed by atoms with van der Waals surface area (Å²) in [6, 6.07) is 0. The molecule has 0 saturated carbocycles. The summed E-state index contributed by atoms with van der Waals surface area (Å²) in [5.74, 6) is 0.974. The highest BCUT2D eigenvalue weighted by Gasteiger charge is 2.40. The van der Waals surface area contributed by atoms with Gasteiger partial charge in [0.2, 0.25) is 7.37 Å². The Kier molecular flexibility index (Phi) is 2.70. The van der Waals surface area contributed by atoms with E-state index < -0.39 is 12.0 Å². The van der Waals surface area contributed by atoms with Crippen LogP contribution in [0.3, 0.4) is 0 Å². The highest BCUT2D eigenvalue weighted by atomic mass is 32.2. The Morgan fingerprint density at radius 3 is 2.64 bits per heavy atom. The molecule has 1 fully saturated rings. The van der Waals surface area contributed by atoms with Crippen molar-refractivity contribution >= 4 is 19.1 Å². The molecule has 1 saturated heterocycles. The van der Waals surface area contributed by atoms with Crippen molar-refractivity contribution in [2.75, 3.05) is 19.0 Å². The van der Waals surface area contributed by atoms with Crippen LogP contribution in [0.4, 0.5) is 0 Å². The van der Waals surface area contributed by atoms with Crippen molar-refractivity contribution in [2.45, 2.75) is 18.0 Å². The molecule has 0 aromatic carbocycles. The van der Waals surface area contributed by atoms with Crippen molar-refractivity contribution in [3.63, 3.8) is 0 Å². The Labute approximate surface area is 71.4 Å². The smallest absolute Gasteiger partial charge is 0.226 e. The highest BCUT2D eigenvalue weighted by Crippen LogP contribution is 2.56. The van der Waals surface area contributed by atoms with E-state index in [4.69, 9.17) is 0 Å². The van der Waals surface area contributed by atoms with Crippen molar-refractivity contribution in [3.05, 3.63) is 0 Å². The van der Waals surface area contributed by atoms with Gasteiger partial charge in [-0.15, -0.1) is 11.8 Å². The summed E-state index contributed by atoms with van der Waals surface area (Å²) in [6.45, 7) is 4.07. The number of rotatable bonds is 1. The van der Waals surface area contributed by atoms with Gasteiger partial charge in [-0.2, -0.15) is 0 Å².